The summed E-state index contributed by atoms with van der Waals surface area (Å²) in [5.41, 5.74) is 0.916. The first-order chi connectivity index (χ1) is 13.2. The minimum atomic E-state index is -4.97. The molecule has 2 heterocycles. The van der Waals surface area contributed by atoms with E-state index in [0.29, 0.717) is 36.7 Å². The fourth-order valence-electron chi connectivity index (χ4n) is 3.99. The number of nitrogens with zero attached hydrogens (tertiary/aromatic N) is 3. The number of ether oxygens (including phenoxy) is 1. The van der Waals surface area contributed by atoms with E-state index in [9.17, 15) is 22.8 Å². The van der Waals surface area contributed by atoms with Crippen LogP contribution in [0.25, 0.3) is 0 Å². The molecule has 9 heteroatoms. The minimum absolute atomic E-state index is 0.0432. The average Bonchev–Trinajstić information content (AvgIpc) is 3.16. The van der Waals surface area contributed by atoms with Gasteiger partial charge in [0, 0.05) is 31.7 Å². The van der Waals surface area contributed by atoms with Crippen molar-refractivity contribution in [3.8, 4) is 5.75 Å². The third-order valence-electron chi connectivity index (χ3n) is 5.50. The van der Waals surface area contributed by atoms with Gasteiger partial charge in [-0.3, -0.25) is 14.5 Å². The number of rotatable bonds is 3. The molecule has 0 N–H and O–H groups in total. The van der Waals surface area contributed by atoms with Crippen molar-refractivity contribution < 1.29 is 27.5 Å². The van der Waals surface area contributed by atoms with Crippen LogP contribution in [0, 0.1) is 0 Å². The zero-order valence-electron chi connectivity index (χ0n) is 15.9. The summed E-state index contributed by atoms with van der Waals surface area (Å²) in [7, 11) is 3.51. The maximum absolute atomic E-state index is 13.0. The molecule has 1 aromatic rings. The smallest absolute Gasteiger partial charge is 0.471 e. The summed E-state index contributed by atoms with van der Waals surface area (Å²) in [6.07, 6.45) is -4.32. The van der Waals surface area contributed by atoms with Gasteiger partial charge in [0.05, 0.1) is 13.2 Å². The van der Waals surface area contributed by atoms with Crippen molar-refractivity contribution in [2.24, 2.45) is 0 Å². The molecule has 6 nitrogen and oxygen atoms in total. The summed E-state index contributed by atoms with van der Waals surface area (Å²) < 4.78 is 44.0. The molecular weight excluding hydrogens is 375 g/mol. The second kappa shape index (κ2) is 7.98. The monoisotopic (exact) mass is 399 g/mol. The lowest BCUT2D eigenvalue weighted by Gasteiger charge is -2.41. The van der Waals surface area contributed by atoms with E-state index in [1.165, 1.54) is 0 Å². The Hall–Kier alpha value is -2.29. The van der Waals surface area contributed by atoms with Crippen LogP contribution in [0.15, 0.2) is 24.3 Å². The van der Waals surface area contributed by atoms with E-state index in [0.717, 1.165) is 5.56 Å². The van der Waals surface area contributed by atoms with Crippen LogP contribution < -0.4 is 4.74 Å². The molecule has 2 saturated heterocycles. The van der Waals surface area contributed by atoms with Gasteiger partial charge in [-0.05, 0) is 26.0 Å². The van der Waals surface area contributed by atoms with Gasteiger partial charge in [0.1, 0.15) is 11.8 Å². The number of hydrogen-bond acceptors (Lipinski definition) is 4. The molecule has 3 rings (SSSR count). The lowest BCUT2D eigenvalue weighted by Crippen LogP contribution is -2.56. The van der Waals surface area contributed by atoms with Gasteiger partial charge in [-0.15, -0.1) is 0 Å². The van der Waals surface area contributed by atoms with Crippen molar-refractivity contribution in [3.63, 3.8) is 0 Å². The van der Waals surface area contributed by atoms with Crippen LogP contribution in [0.4, 0.5) is 13.2 Å². The largest absolute Gasteiger partial charge is 0.496 e. The Bertz CT molecular complexity index is 741. The van der Waals surface area contributed by atoms with E-state index in [1.807, 2.05) is 31.3 Å². The summed E-state index contributed by atoms with van der Waals surface area (Å²) in [4.78, 5) is 29.0. The van der Waals surface area contributed by atoms with Gasteiger partial charge < -0.3 is 14.5 Å². The first kappa shape index (κ1) is 20.4. The van der Waals surface area contributed by atoms with Crippen molar-refractivity contribution in [3.05, 3.63) is 29.8 Å². The SMILES string of the molecule is COc1ccccc1C1CN(C(=O)C2CCCN2C(=O)C(F)(F)F)CCN1C. The van der Waals surface area contributed by atoms with E-state index in [-0.39, 0.29) is 19.0 Å². The molecule has 2 fully saturated rings. The van der Waals surface area contributed by atoms with Gasteiger partial charge in [-0.1, -0.05) is 18.2 Å². The Morgan fingerprint density at radius 2 is 1.86 bits per heavy atom. The van der Waals surface area contributed by atoms with Crippen LogP contribution in [0.2, 0.25) is 0 Å². The fraction of sp³-hybridized carbons (Fsp3) is 0.579. The number of methoxy groups -OCH3 is 1. The Labute approximate surface area is 161 Å². The number of carbonyl (C=O) groups excluding carboxylic acids is 2. The zero-order chi connectivity index (χ0) is 20.5. The predicted molar refractivity (Wildman–Crippen MR) is 95.7 cm³/mol. The Morgan fingerprint density at radius 1 is 1.14 bits per heavy atom. The molecule has 2 unspecified atom stereocenters. The highest BCUT2D eigenvalue weighted by atomic mass is 19.4. The molecule has 2 aliphatic rings. The van der Waals surface area contributed by atoms with Crippen molar-refractivity contribution in [1.82, 2.24) is 14.7 Å². The number of alkyl halides is 3. The Kier molecular flexibility index (Phi) is 5.83. The van der Waals surface area contributed by atoms with Crippen molar-refractivity contribution in [1.29, 1.82) is 0 Å². The molecule has 2 atom stereocenters. The van der Waals surface area contributed by atoms with E-state index >= 15 is 0 Å². The Balaban J connectivity index is 1.78. The van der Waals surface area contributed by atoms with Crippen LogP contribution in [-0.2, 0) is 9.59 Å². The number of likely N-dealkylation sites (N-methyl/N-ethyl adjacent to an activating group) is 1. The molecular formula is C19H24F3N3O3. The first-order valence-electron chi connectivity index (χ1n) is 9.23. The third-order valence-corrected chi connectivity index (χ3v) is 5.50. The van der Waals surface area contributed by atoms with Crippen LogP contribution >= 0.6 is 0 Å². The van der Waals surface area contributed by atoms with Gasteiger partial charge in [0.15, 0.2) is 0 Å². The number of likely N-dealkylation sites (tertiary alicyclic amines) is 1. The molecule has 2 amide bonds. The topological polar surface area (TPSA) is 53.1 Å². The number of carbonyl (C=O) groups is 2. The normalized spacial score (nSPS) is 23.8. The van der Waals surface area contributed by atoms with Gasteiger partial charge in [0.2, 0.25) is 5.91 Å². The summed E-state index contributed by atoms with van der Waals surface area (Å²) in [6, 6.07) is 6.31. The van der Waals surface area contributed by atoms with Crippen LogP contribution in [-0.4, -0.2) is 79.1 Å². The van der Waals surface area contributed by atoms with Crippen LogP contribution in [0.1, 0.15) is 24.4 Å². The number of benzene rings is 1. The number of halogens is 3. The Morgan fingerprint density at radius 3 is 2.54 bits per heavy atom. The second-order valence-corrected chi connectivity index (χ2v) is 7.18. The summed E-state index contributed by atoms with van der Waals surface area (Å²) in [5, 5.41) is 0. The van der Waals surface area contributed by atoms with Crippen molar-refractivity contribution >= 4 is 11.8 Å². The van der Waals surface area contributed by atoms with Gasteiger partial charge in [0.25, 0.3) is 0 Å². The number of amides is 2. The highest BCUT2D eigenvalue weighted by Crippen LogP contribution is 2.33. The van der Waals surface area contributed by atoms with E-state index in [4.69, 9.17) is 4.74 Å². The number of para-hydroxylation sites is 1. The molecule has 154 valence electrons. The fourth-order valence-corrected chi connectivity index (χ4v) is 3.99. The van der Waals surface area contributed by atoms with Gasteiger partial charge >= 0.3 is 12.1 Å². The minimum Gasteiger partial charge on any atom is -0.496 e. The van der Waals surface area contributed by atoms with Crippen LogP contribution in [0.5, 0.6) is 5.75 Å². The maximum atomic E-state index is 13.0. The van der Waals surface area contributed by atoms with Gasteiger partial charge in [-0.25, -0.2) is 0 Å². The quantitative estimate of drug-likeness (QED) is 0.781. The lowest BCUT2D eigenvalue weighted by atomic mass is 10.0. The van der Waals surface area contributed by atoms with Crippen molar-refractivity contribution in [2.75, 3.05) is 40.3 Å². The van der Waals surface area contributed by atoms with E-state index in [2.05, 4.69) is 4.90 Å². The standard InChI is InChI=1S/C19H24F3N3O3/c1-23-10-11-24(12-15(23)13-6-3-4-8-16(13)28-2)17(26)14-7-5-9-25(14)18(27)19(20,21)22/h3-4,6,8,14-15H,5,7,9-12H2,1-2H3. The summed E-state index contributed by atoms with van der Waals surface area (Å²) in [5.74, 6) is -1.65. The van der Waals surface area contributed by atoms with E-state index in [1.54, 1.807) is 12.0 Å². The second-order valence-electron chi connectivity index (χ2n) is 7.18. The predicted octanol–water partition coefficient (Wildman–Crippen LogP) is 2.06. The number of hydrogen-bond donors (Lipinski definition) is 0. The maximum Gasteiger partial charge on any atom is 0.471 e. The summed E-state index contributed by atoms with van der Waals surface area (Å²) in [6.45, 7) is 1.28. The molecule has 0 spiro atoms. The third kappa shape index (κ3) is 3.94. The molecule has 2 aliphatic heterocycles. The molecule has 0 bridgehead atoms. The molecule has 1 aromatic carbocycles. The highest BCUT2D eigenvalue weighted by Gasteiger charge is 2.48. The first-order valence-corrected chi connectivity index (χ1v) is 9.23. The van der Waals surface area contributed by atoms with E-state index < -0.39 is 24.0 Å². The van der Waals surface area contributed by atoms with Gasteiger partial charge in [-0.2, -0.15) is 13.2 Å². The molecule has 28 heavy (non-hydrogen) atoms. The molecule has 0 radical (unpaired) electrons. The zero-order valence-corrected chi connectivity index (χ0v) is 15.9. The highest BCUT2D eigenvalue weighted by molar-refractivity contribution is 5.90. The number of piperazine rings is 1. The molecule has 0 saturated carbocycles. The molecule has 0 aliphatic carbocycles. The lowest BCUT2D eigenvalue weighted by molar-refractivity contribution is -0.187. The molecule has 0 aromatic heterocycles. The average molecular weight is 399 g/mol. The van der Waals surface area contributed by atoms with Crippen molar-refractivity contribution in [2.45, 2.75) is 31.1 Å². The summed E-state index contributed by atoms with van der Waals surface area (Å²) >= 11 is 0. The van der Waals surface area contributed by atoms with Crippen LogP contribution in [0.3, 0.4) is 0 Å².